The van der Waals surface area contributed by atoms with Crippen molar-refractivity contribution < 1.29 is 13.9 Å². The minimum Gasteiger partial charge on any atom is -0.466 e. The summed E-state index contributed by atoms with van der Waals surface area (Å²) in [5.41, 5.74) is 1.95. The maximum Gasteiger partial charge on any atom is 0.336 e. The number of aromatic amines is 1. The van der Waals surface area contributed by atoms with Crippen LogP contribution in [-0.4, -0.2) is 28.0 Å². The number of nitrogens with zero attached hydrogens (tertiary/aromatic N) is 2. The number of esters is 1. The largest absolute Gasteiger partial charge is 0.466 e. The number of fused-ring (bicyclic) bond motifs is 1. The summed E-state index contributed by atoms with van der Waals surface area (Å²) in [5.74, 6) is -0.880. The van der Waals surface area contributed by atoms with Crippen molar-refractivity contribution in [2.24, 2.45) is 0 Å². The molecule has 31 heavy (non-hydrogen) atoms. The second-order valence-electron chi connectivity index (χ2n) is 6.89. The van der Waals surface area contributed by atoms with Gasteiger partial charge in [-0.1, -0.05) is 36.0 Å². The molecule has 4 rings (SSSR count). The molecule has 2 N–H and O–H groups in total. The topological polar surface area (TPSA) is 97.0 Å². The first-order valence-electron chi connectivity index (χ1n) is 9.46. The molecule has 0 radical (unpaired) electrons. The highest BCUT2D eigenvalue weighted by molar-refractivity contribution is 7.98. The number of carbonyl (C=O) groups is 1. The Morgan fingerprint density at radius 3 is 2.77 bits per heavy atom. The van der Waals surface area contributed by atoms with E-state index in [9.17, 15) is 14.0 Å². The number of aromatic nitrogens is 3. The Morgan fingerprint density at radius 2 is 2.06 bits per heavy atom. The fourth-order valence-electron chi connectivity index (χ4n) is 3.52. The van der Waals surface area contributed by atoms with Crippen LogP contribution in [0.15, 0.2) is 70.0 Å². The lowest BCUT2D eigenvalue weighted by Gasteiger charge is -2.28. The molecule has 1 aliphatic rings. The quantitative estimate of drug-likeness (QED) is 0.357. The van der Waals surface area contributed by atoms with E-state index in [0.717, 1.165) is 0 Å². The van der Waals surface area contributed by atoms with Crippen molar-refractivity contribution in [3.8, 4) is 0 Å². The molecule has 3 heterocycles. The van der Waals surface area contributed by atoms with Gasteiger partial charge in [0.1, 0.15) is 11.6 Å². The van der Waals surface area contributed by atoms with Crippen LogP contribution < -0.4 is 10.9 Å². The molecule has 1 aromatic carbocycles. The number of anilines is 1. The number of allylic oxidation sites excluding steroid dienone is 1. The molecule has 0 spiro atoms. The maximum absolute atomic E-state index is 13.9. The van der Waals surface area contributed by atoms with Crippen LogP contribution in [0, 0.1) is 5.82 Å². The van der Waals surface area contributed by atoms with E-state index in [2.05, 4.69) is 20.3 Å². The number of nitrogens with one attached hydrogen (secondary N) is 2. The Balaban J connectivity index is 1.76. The third-order valence-electron chi connectivity index (χ3n) is 4.97. The third-order valence-corrected chi connectivity index (χ3v) is 5.89. The van der Waals surface area contributed by atoms with Crippen molar-refractivity contribution in [1.82, 2.24) is 15.0 Å². The number of pyridine rings is 1. The molecule has 0 saturated carbocycles. The summed E-state index contributed by atoms with van der Waals surface area (Å²) in [7, 11) is 1.30. The Labute approximate surface area is 181 Å². The average Bonchev–Trinajstić information content (AvgIpc) is 2.77. The summed E-state index contributed by atoms with van der Waals surface area (Å²) in [6.45, 7) is 1.73. The van der Waals surface area contributed by atoms with Crippen molar-refractivity contribution in [3.05, 3.63) is 92.9 Å². The van der Waals surface area contributed by atoms with Gasteiger partial charge in [-0.3, -0.25) is 9.78 Å². The summed E-state index contributed by atoms with van der Waals surface area (Å²) in [6.07, 6.45) is 3.22. The van der Waals surface area contributed by atoms with Crippen LogP contribution in [0.3, 0.4) is 0 Å². The van der Waals surface area contributed by atoms with Gasteiger partial charge in [0.05, 0.1) is 24.2 Å². The van der Waals surface area contributed by atoms with E-state index in [1.165, 1.54) is 24.9 Å². The number of methoxy groups -OCH3 is 1. The number of hydrogen-bond acceptors (Lipinski definition) is 7. The normalized spacial score (nSPS) is 15.3. The molecule has 3 aromatic rings. The van der Waals surface area contributed by atoms with Crippen LogP contribution in [0.25, 0.3) is 0 Å². The standard InChI is InChI=1S/C22H19FN4O3S/c1-12-16(21(29)30-2)17(13-7-5-9-24-10-13)18-19(25-12)26-22(27-20(18)28)31-11-14-6-3-4-8-15(14)23/h3-10,17H,11H2,1-2H3,(H2,25,26,27,28)/t17-/m0/s1. The zero-order valence-corrected chi connectivity index (χ0v) is 17.6. The summed E-state index contributed by atoms with van der Waals surface area (Å²) in [6, 6.07) is 9.99. The minimum absolute atomic E-state index is 0.300. The molecule has 7 nitrogen and oxygen atoms in total. The van der Waals surface area contributed by atoms with Crippen molar-refractivity contribution in [1.29, 1.82) is 0 Å². The fraction of sp³-hybridized carbons (Fsp3) is 0.182. The van der Waals surface area contributed by atoms with Gasteiger partial charge in [0.2, 0.25) is 0 Å². The van der Waals surface area contributed by atoms with Gasteiger partial charge in [-0.15, -0.1) is 0 Å². The van der Waals surface area contributed by atoms with Crippen molar-refractivity contribution >= 4 is 23.5 Å². The van der Waals surface area contributed by atoms with E-state index in [4.69, 9.17) is 4.74 Å². The molecule has 0 saturated heterocycles. The predicted octanol–water partition coefficient (Wildman–Crippen LogP) is 3.60. The van der Waals surface area contributed by atoms with Gasteiger partial charge in [-0.05, 0) is 30.2 Å². The van der Waals surface area contributed by atoms with E-state index in [-0.39, 0.29) is 5.82 Å². The summed E-state index contributed by atoms with van der Waals surface area (Å²) >= 11 is 1.22. The Kier molecular flexibility index (Phi) is 5.85. The highest BCUT2D eigenvalue weighted by Gasteiger charge is 2.36. The van der Waals surface area contributed by atoms with E-state index in [1.807, 2.05) is 0 Å². The summed E-state index contributed by atoms with van der Waals surface area (Å²) < 4.78 is 18.9. The second-order valence-corrected chi connectivity index (χ2v) is 7.85. The summed E-state index contributed by atoms with van der Waals surface area (Å²) in [4.78, 5) is 37.0. The van der Waals surface area contributed by atoms with Crippen LogP contribution in [0.2, 0.25) is 0 Å². The summed E-state index contributed by atoms with van der Waals surface area (Å²) in [5, 5.41) is 3.40. The number of H-pyrrole nitrogens is 1. The molecular formula is C22H19FN4O3S. The van der Waals surface area contributed by atoms with Crippen LogP contribution >= 0.6 is 11.8 Å². The number of benzene rings is 1. The smallest absolute Gasteiger partial charge is 0.336 e. The molecule has 1 atom stereocenters. The third kappa shape index (κ3) is 4.09. The first-order chi connectivity index (χ1) is 15.0. The molecule has 0 unspecified atom stereocenters. The molecule has 0 fully saturated rings. The first-order valence-corrected chi connectivity index (χ1v) is 10.4. The molecule has 1 aliphatic heterocycles. The molecule has 2 aromatic heterocycles. The molecular weight excluding hydrogens is 419 g/mol. The van der Waals surface area contributed by atoms with E-state index in [1.54, 1.807) is 49.6 Å². The Morgan fingerprint density at radius 1 is 1.26 bits per heavy atom. The number of thioether (sulfide) groups is 1. The molecule has 0 aliphatic carbocycles. The van der Waals surface area contributed by atoms with E-state index >= 15 is 0 Å². The lowest BCUT2D eigenvalue weighted by atomic mass is 9.83. The number of carbonyl (C=O) groups excluding carboxylic acids is 1. The molecule has 158 valence electrons. The average molecular weight is 438 g/mol. The molecule has 0 amide bonds. The highest BCUT2D eigenvalue weighted by Crippen LogP contribution is 2.39. The van der Waals surface area contributed by atoms with Gasteiger partial charge in [0.25, 0.3) is 5.56 Å². The van der Waals surface area contributed by atoms with Gasteiger partial charge in [-0.2, -0.15) is 0 Å². The monoisotopic (exact) mass is 438 g/mol. The van der Waals surface area contributed by atoms with Gasteiger partial charge < -0.3 is 15.0 Å². The predicted molar refractivity (Wildman–Crippen MR) is 115 cm³/mol. The fourth-order valence-corrected chi connectivity index (χ4v) is 4.37. The lowest BCUT2D eigenvalue weighted by Crippen LogP contribution is -2.31. The Bertz CT molecular complexity index is 1230. The van der Waals surface area contributed by atoms with Crippen LogP contribution in [0.4, 0.5) is 10.2 Å². The Hall–Kier alpha value is -3.46. The van der Waals surface area contributed by atoms with E-state index < -0.39 is 17.4 Å². The van der Waals surface area contributed by atoms with Crippen molar-refractivity contribution in [3.63, 3.8) is 0 Å². The van der Waals surface area contributed by atoms with Crippen LogP contribution in [-0.2, 0) is 15.3 Å². The SMILES string of the molecule is COC(=O)C1=C(C)Nc2nc(SCc3ccccc3F)[nH]c(=O)c2[C@H]1c1cccnc1. The minimum atomic E-state index is -0.681. The van der Waals surface area contributed by atoms with Crippen LogP contribution in [0.1, 0.15) is 29.5 Å². The number of rotatable bonds is 5. The molecule has 9 heteroatoms. The highest BCUT2D eigenvalue weighted by atomic mass is 32.2. The van der Waals surface area contributed by atoms with Gasteiger partial charge in [-0.25, -0.2) is 14.2 Å². The number of halogens is 1. The van der Waals surface area contributed by atoms with Gasteiger partial charge in [0, 0.05) is 23.8 Å². The van der Waals surface area contributed by atoms with Crippen molar-refractivity contribution in [2.75, 3.05) is 12.4 Å². The van der Waals surface area contributed by atoms with Crippen LogP contribution in [0.5, 0.6) is 0 Å². The van der Waals surface area contributed by atoms with Gasteiger partial charge in [0.15, 0.2) is 5.16 Å². The first kappa shape index (κ1) is 20.8. The zero-order valence-electron chi connectivity index (χ0n) is 16.8. The second kappa shape index (κ2) is 8.73. The lowest BCUT2D eigenvalue weighted by molar-refractivity contribution is -0.136. The maximum atomic E-state index is 13.9. The molecule has 0 bridgehead atoms. The number of hydrogen-bond donors (Lipinski definition) is 2. The zero-order chi connectivity index (χ0) is 22.0. The van der Waals surface area contributed by atoms with Crippen molar-refractivity contribution in [2.45, 2.75) is 23.8 Å². The van der Waals surface area contributed by atoms with Gasteiger partial charge >= 0.3 is 5.97 Å². The number of ether oxygens (including phenoxy) is 1. The van der Waals surface area contributed by atoms with E-state index in [0.29, 0.717) is 44.7 Å².